The summed E-state index contributed by atoms with van der Waals surface area (Å²) in [6.45, 7) is 13.5. The van der Waals surface area contributed by atoms with Crippen molar-refractivity contribution in [1.82, 2.24) is 14.9 Å². The standard InChI is InChI=1S/C30H43N3O5/c1-7-24(14-20(5)27(35)8-2)29-32-25-15-22(16-31-28(21(6)34)30(36)38-19(3)4)11-12-26(25)33(29)17-23-10-9-13-37-18-23/h7,11-12,14-15,19,21,23,28,31,34H,8-10,13,16-18H2,1-6H3/b20-14-,24-7+/t21-,23?,28+/m1/s1. The van der Waals surface area contributed by atoms with Gasteiger partial charge in [-0.25, -0.2) is 4.98 Å². The van der Waals surface area contributed by atoms with Crippen molar-refractivity contribution >= 4 is 28.4 Å². The number of nitrogens with zero attached hydrogens (tertiary/aromatic N) is 2. The molecule has 2 N–H and O–H groups in total. The zero-order chi connectivity index (χ0) is 27.8. The van der Waals surface area contributed by atoms with E-state index < -0.39 is 18.1 Å². The number of benzene rings is 1. The molecular weight excluding hydrogens is 482 g/mol. The van der Waals surface area contributed by atoms with E-state index in [1.807, 2.05) is 45.1 Å². The van der Waals surface area contributed by atoms with E-state index in [9.17, 15) is 14.7 Å². The summed E-state index contributed by atoms with van der Waals surface area (Å²) in [5.41, 5.74) is 4.40. The summed E-state index contributed by atoms with van der Waals surface area (Å²) in [5.74, 6) is 0.854. The maximum absolute atomic E-state index is 12.4. The van der Waals surface area contributed by atoms with Crippen molar-refractivity contribution in [3.63, 3.8) is 0 Å². The highest BCUT2D eigenvalue weighted by Gasteiger charge is 2.26. The third kappa shape index (κ3) is 7.62. The lowest BCUT2D eigenvalue weighted by atomic mass is 10.0. The highest BCUT2D eigenvalue weighted by atomic mass is 16.5. The Labute approximate surface area is 226 Å². The number of ether oxygens (including phenoxy) is 2. The van der Waals surface area contributed by atoms with Crippen LogP contribution in [0.1, 0.15) is 72.2 Å². The molecule has 3 atom stereocenters. The minimum absolute atomic E-state index is 0.115. The number of imidazole rings is 1. The Balaban J connectivity index is 1.95. The second kappa shape index (κ2) is 13.8. The van der Waals surface area contributed by atoms with E-state index in [0.29, 0.717) is 24.5 Å². The molecule has 0 aliphatic carbocycles. The number of carbonyl (C=O) groups excluding carboxylic acids is 2. The highest BCUT2D eigenvalue weighted by molar-refractivity contribution is 5.97. The summed E-state index contributed by atoms with van der Waals surface area (Å²) in [6.07, 6.45) is 5.38. The van der Waals surface area contributed by atoms with Gasteiger partial charge in [0, 0.05) is 37.6 Å². The molecule has 3 rings (SSSR count). The van der Waals surface area contributed by atoms with Crippen LogP contribution in [0.5, 0.6) is 0 Å². The Morgan fingerprint density at radius 1 is 1.32 bits per heavy atom. The fourth-order valence-electron chi connectivity index (χ4n) is 4.75. The van der Waals surface area contributed by atoms with Gasteiger partial charge < -0.3 is 19.1 Å². The third-order valence-electron chi connectivity index (χ3n) is 6.82. The second-order valence-electron chi connectivity index (χ2n) is 10.4. The first-order valence-electron chi connectivity index (χ1n) is 13.7. The topological polar surface area (TPSA) is 103 Å². The zero-order valence-corrected chi connectivity index (χ0v) is 23.6. The smallest absolute Gasteiger partial charge is 0.326 e. The van der Waals surface area contributed by atoms with Crippen molar-refractivity contribution in [2.45, 2.75) is 92.1 Å². The number of Topliss-reactive ketones (excluding diaryl/α,β-unsaturated/α-hetero) is 1. The van der Waals surface area contributed by atoms with E-state index in [1.165, 1.54) is 0 Å². The molecule has 0 saturated carbocycles. The Kier molecular flexibility index (Phi) is 10.8. The first-order chi connectivity index (χ1) is 18.1. The van der Waals surface area contributed by atoms with Gasteiger partial charge in [-0.2, -0.15) is 0 Å². The van der Waals surface area contributed by atoms with Crippen LogP contribution in [0.15, 0.2) is 35.9 Å². The molecular formula is C30H43N3O5. The number of fused-ring (bicyclic) bond motifs is 1. The molecule has 1 aromatic carbocycles. The largest absolute Gasteiger partial charge is 0.462 e. The Bertz CT molecular complexity index is 1170. The molecule has 38 heavy (non-hydrogen) atoms. The minimum atomic E-state index is -0.897. The molecule has 1 fully saturated rings. The summed E-state index contributed by atoms with van der Waals surface area (Å²) in [5, 5.41) is 13.3. The van der Waals surface area contributed by atoms with Crippen LogP contribution < -0.4 is 5.32 Å². The van der Waals surface area contributed by atoms with Crippen LogP contribution in [-0.2, 0) is 32.2 Å². The highest BCUT2D eigenvalue weighted by Crippen LogP contribution is 2.28. The maximum atomic E-state index is 12.4. The van der Waals surface area contributed by atoms with Crippen molar-refractivity contribution < 1.29 is 24.2 Å². The van der Waals surface area contributed by atoms with Gasteiger partial charge in [-0.05, 0) is 76.8 Å². The number of nitrogens with one attached hydrogen (secondary N) is 1. The molecule has 2 heterocycles. The number of allylic oxidation sites excluding steroid dienone is 4. The molecule has 0 amide bonds. The molecule has 1 aromatic heterocycles. The Morgan fingerprint density at radius 2 is 2.08 bits per heavy atom. The summed E-state index contributed by atoms with van der Waals surface area (Å²) in [4.78, 5) is 29.7. The van der Waals surface area contributed by atoms with Crippen molar-refractivity contribution in [2.75, 3.05) is 13.2 Å². The molecule has 8 nitrogen and oxygen atoms in total. The number of aliphatic hydroxyl groups excluding tert-OH is 1. The molecule has 1 unspecified atom stereocenters. The number of rotatable bonds is 12. The Morgan fingerprint density at radius 3 is 2.68 bits per heavy atom. The number of ketones is 1. The molecule has 8 heteroatoms. The summed E-state index contributed by atoms with van der Waals surface area (Å²) in [7, 11) is 0. The minimum Gasteiger partial charge on any atom is -0.462 e. The lowest BCUT2D eigenvalue weighted by Crippen LogP contribution is -2.46. The number of hydrogen-bond donors (Lipinski definition) is 2. The summed E-state index contributed by atoms with van der Waals surface area (Å²) in [6, 6.07) is 5.25. The van der Waals surface area contributed by atoms with Crippen molar-refractivity contribution in [3.8, 4) is 0 Å². The molecule has 0 radical (unpaired) electrons. The average Bonchev–Trinajstić information content (AvgIpc) is 3.23. The van der Waals surface area contributed by atoms with Gasteiger partial charge in [-0.1, -0.05) is 19.1 Å². The zero-order valence-electron chi connectivity index (χ0n) is 23.6. The van der Waals surface area contributed by atoms with Gasteiger partial charge in [0.15, 0.2) is 5.78 Å². The first kappa shape index (κ1) is 29.7. The number of aliphatic hydroxyl groups is 1. The summed E-state index contributed by atoms with van der Waals surface area (Å²) >= 11 is 0. The lowest BCUT2D eigenvalue weighted by molar-refractivity contribution is -0.152. The van der Waals surface area contributed by atoms with Gasteiger partial charge in [0.05, 0.1) is 29.8 Å². The molecule has 0 bridgehead atoms. The van der Waals surface area contributed by atoms with Gasteiger partial charge in [-0.15, -0.1) is 0 Å². The van der Waals surface area contributed by atoms with Crippen LogP contribution in [0.3, 0.4) is 0 Å². The van der Waals surface area contributed by atoms with E-state index in [-0.39, 0.29) is 11.9 Å². The average molecular weight is 526 g/mol. The van der Waals surface area contributed by atoms with E-state index in [2.05, 4.69) is 16.0 Å². The molecule has 1 saturated heterocycles. The van der Waals surface area contributed by atoms with Crippen LogP contribution >= 0.6 is 0 Å². The fourth-order valence-corrected chi connectivity index (χ4v) is 4.75. The molecule has 0 spiro atoms. The van der Waals surface area contributed by atoms with Gasteiger partial charge in [0.2, 0.25) is 0 Å². The lowest BCUT2D eigenvalue weighted by Gasteiger charge is -2.24. The predicted molar refractivity (Wildman–Crippen MR) is 150 cm³/mol. The summed E-state index contributed by atoms with van der Waals surface area (Å²) < 4.78 is 13.3. The second-order valence-corrected chi connectivity index (χ2v) is 10.4. The van der Waals surface area contributed by atoms with Crippen LogP contribution in [0.25, 0.3) is 16.6 Å². The first-order valence-corrected chi connectivity index (χ1v) is 13.7. The normalized spacial score (nSPS) is 18.6. The number of esters is 1. The molecule has 208 valence electrons. The van der Waals surface area contributed by atoms with Crippen LogP contribution in [-0.4, -0.2) is 57.9 Å². The number of hydrogen-bond acceptors (Lipinski definition) is 7. The van der Waals surface area contributed by atoms with Gasteiger partial charge in [-0.3, -0.25) is 14.9 Å². The van der Waals surface area contributed by atoms with E-state index in [1.54, 1.807) is 20.8 Å². The number of carbonyl (C=O) groups is 2. The molecule has 1 aliphatic heterocycles. The van der Waals surface area contributed by atoms with Gasteiger partial charge in [0.25, 0.3) is 0 Å². The monoisotopic (exact) mass is 525 g/mol. The van der Waals surface area contributed by atoms with Gasteiger partial charge in [0.1, 0.15) is 11.9 Å². The van der Waals surface area contributed by atoms with E-state index in [0.717, 1.165) is 60.6 Å². The molecule has 1 aliphatic rings. The van der Waals surface area contributed by atoms with Crippen molar-refractivity contribution in [2.24, 2.45) is 5.92 Å². The Hall–Kier alpha value is -2.81. The predicted octanol–water partition coefficient (Wildman–Crippen LogP) is 4.58. The third-order valence-corrected chi connectivity index (χ3v) is 6.82. The van der Waals surface area contributed by atoms with E-state index in [4.69, 9.17) is 14.5 Å². The van der Waals surface area contributed by atoms with Crippen molar-refractivity contribution in [1.29, 1.82) is 0 Å². The van der Waals surface area contributed by atoms with E-state index >= 15 is 0 Å². The maximum Gasteiger partial charge on any atom is 0.326 e. The van der Waals surface area contributed by atoms with Crippen LogP contribution in [0.2, 0.25) is 0 Å². The quantitative estimate of drug-likeness (QED) is 0.237. The SMILES string of the molecule is C/C=C(\C=C(\C)C(=O)CC)c1nc2cc(CN[C@H](C(=O)OC(C)C)[C@@H](C)O)ccc2n1CC1CCCOC1. The number of aromatic nitrogens is 2. The molecule has 2 aromatic rings. The van der Waals surface area contributed by atoms with Crippen LogP contribution in [0.4, 0.5) is 0 Å². The fraction of sp³-hybridized carbons (Fsp3) is 0.567. The van der Waals surface area contributed by atoms with Crippen LogP contribution in [0, 0.1) is 5.92 Å². The van der Waals surface area contributed by atoms with Gasteiger partial charge >= 0.3 is 5.97 Å². The van der Waals surface area contributed by atoms with Crippen molar-refractivity contribution in [3.05, 3.63) is 47.3 Å².